The molecule has 2 atom stereocenters. The predicted octanol–water partition coefficient (Wildman–Crippen LogP) is 7.64. The Bertz CT molecular complexity index is 1210. The van der Waals surface area contributed by atoms with Gasteiger partial charge in [0.05, 0.1) is 0 Å². The molecule has 0 amide bonds. The van der Waals surface area contributed by atoms with Gasteiger partial charge >= 0.3 is 0 Å². The van der Waals surface area contributed by atoms with E-state index < -0.39 is 0 Å². The molecule has 0 spiro atoms. The number of hydrogen-bond donors (Lipinski definition) is 2. The summed E-state index contributed by atoms with van der Waals surface area (Å²) in [7, 11) is 0. The van der Waals surface area contributed by atoms with Crippen molar-refractivity contribution in [2.45, 2.75) is 12.1 Å². The van der Waals surface area contributed by atoms with Gasteiger partial charge in [0.15, 0.2) is 0 Å². The number of nitrogens with zero attached hydrogens (tertiary/aromatic N) is 2. The van der Waals surface area contributed by atoms with Crippen LogP contribution in [0.15, 0.2) is 116 Å². The molecule has 4 nitrogen and oxygen atoms in total. The van der Waals surface area contributed by atoms with Crippen LogP contribution in [0.2, 0.25) is 0 Å². The van der Waals surface area contributed by atoms with Crippen LogP contribution in [0.4, 0.5) is 0 Å². The summed E-state index contributed by atoms with van der Waals surface area (Å²) in [5.74, 6) is 0.301. The van der Waals surface area contributed by atoms with Gasteiger partial charge in [-0.05, 0) is 47.5 Å². The van der Waals surface area contributed by atoms with Crippen molar-refractivity contribution in [3.8, 4) is 11.5 Å². The van der Waals surface area contributed by atoms with E-state index in [0.29, 0.717) is 11.1 Å². The summed E-state index contributed by atoms with van der Waals surface area (Å²) in [5, 5.41) is 20.6. The van der Waals surface area contributed by atoms with Crippen LogP contribution < -0.4 is 0 Å². The Morgan fingerprint density at radius 1 is 0.559 bits per heavy atom. The molecular formula is C28H22Br2N2O2. The van der Waals surface area contributed by atoms with Gasteiger partial charge in [0.25, 0.3) is 0 Å². The van der Waals surface area contributed by atoms with E-state index in [1.165, 1.54) is 0 Å². The number of halogens is 2. The molecule has 0 aliphatic heterocycles. The Morgan fingerprint density at radius 3 is 1.32 bits per heavy atom. The Balaban J connectivity index is 1.81. The summed E-state index contributed by atoms with van der Waals surface area (Å²) in [6, 6.07) is 29.6. The summed E-state index contributed by atoms with van der Waals surface area (Å²) in [4.78, 5) is 9.81. The van der Waals surface area contributed by atoms with Gasteiger partial charge in [0.2, 0.25) is 0 Å². The van der Waals surface area contributed by atoms with Crippen LogP contribution in [-0.2, 0) is 0 Å². The summed E-state index contributed by atoms with van der Waals surface area (Å²) in [6.45, 7) is 0. The SMILES string of the molecule is Oc1ccc(Br)cc1C=NC(c1ccccc1)[C@H](N=Cc1cc(Br)ccc1O)c1ccccc1. The lowest BCUT2D eigenvalue weighted by atomic mass is 9.94. The first-order valence-corrected chi connectivity index (χ1v) is 12.2. The zero-order valence-electron chi connectivity index (χ0n) is 18.1. The number of benzene rings is 4. The second-order valence-corrected chi connectivity index (χ2v) is 9.51. The molecule has 0 radical (unpaired) electrons. The molecule has 0 aliphatic carbocycles. The van der Waals surface area contributed by atoms with Gasteiger partial charge in [0, 0.05) is 32.5 Å². The van der Waals surface area contributed by atoms with Crippen LogP contribution in [0.1, 0.15) is 34.3 Å². The minimum atomic E-state index is -0.368. The van der Waals surface area contributed by atoms with Crippen molar-refractivity contribution < 1.29 is 10.2 Å². The lowest BCUT2D eigenvalue weighted by Crippen LogP contribution is -2.09. The van der Waals surface area contributed by atoms with E-state index in [9.17, 15) is 10.2 Å². The number of rotatable bonds is 7. The van der Waals surface area contributed by atoms with E-state index in [0.717, 1.165) is 20.1 Å². The Labute approximate surface area is 215 Å². The topological polar surface area (TPSA) is 65.2 Å². The maximum atomic E-state index is 10.3. The summed E-state index contributed by atoms with van der Waals surface area (Å²) < 4.78 is 1.71. The predicted molar refractivity (Wildman–Crippen MR) is 145 cm³/mol. The van der Waals surface area contributed by atoms with Crippen molar-refractivity contribution in [3.05, 3.63) is 128 Å². The maximum absolute atomic E-state index is 10.3. The zero-order chi connectivity index (χ0) is 23.9. The average molecular weight is 578 g/mol. The smallest absolute Gasteiger partial charge is 0.124 e. The first kappa shape index (κ1) is 23.9. The van der Waals surface area contributed by atoms with E-state index in [4.69, 9.17) is 9.98 Å². The van der Waals surface area contributed by atoms with Gasteiger partial charge in [-0.25, -0.2) is 0 Å². The van der Waals surface area contributed by atoms with E-state index >= 15 is 0 Å². The van der Waals surface area contributed by atoms with Gasteiger partial charge in [-0.2, -0.15) is 0 Å². The number of phenolic OH excluding ortho intramolecular Hbond substituents is 2. The van der Waals surface area contributed by atoms with Gasteiger partial charge in [-0.1, -0.05) is 92.5 Å². The first-order valence-electron chi connectivity index (χ1n) is 10.6. The normalized spacial score (nSPS) is 13.4. The molecule has 34 heavy (non-hydrogen) atoms. The van der Waals surface area contributed by atoms with Crippen LogP contribution in [0.25, 0.3) is 0 Å². The summed E-state index contributed by atoms with van der Waals surface area (Å²) in [6.07, 6.45) is 3.36. The van der Waals surface area contributed by atoms with Gasteiger partial charge in [0.1, 0.15) is 23.6 Å². The summed E-state index contributed by atoms with van der Waals surface area (Å²) in [5.41, 5.74) is 3.18. The molecule has 0 heterocycles. The number of phenols is 2. The van der Waals surface area contributed by atoms with Crippen LogP contribution in [-0.4, -0.2) is 22.6 Å². The van der Waals surface area contributed by atoms with E-state index in [1.54, 1.807) is 36.7 Å². The van der Waals surface area contributed by atoms with Gasteiger partial charge in [-0.15, -0.1) is 0 Å². The first-order chi connectivity index (χ1) is 16.5. The second-order valence-electron chi connectivity index (χ2n) is 7.67. The van der Waals surface area contributed by atoms with Crippen molar-refractivity contribution >= 4 is 44.3 Å². The standard InChI is InChI=1S/C28H22Br2N2O2/c29-23-11-13-25(33)21(15-23)17-31-27(19-7-3-1-4-8-19)28(20-9-5-2-6-10-20)32-18-22-16-24(30)12-14-26(22)34/h1-18,27-28,33-34H/t27-,28?/m1/s1. The monoisotopic (exact) mass is 576 g/mol. The molecule has 0 aliphatic rings. The molecule has 0 saturated carbocycles. The molecule has 0 saturated heterocycles. The molecule has 1 unspecified atom stereocenters. The fourth-order valence-electron chi connectivity index (χ4n) is 3.58. The van der Waals surface area contributed by atoms with Crippen molar-refractivity contribution in [1.82, 2.24) is 0 Å². The van der Waals surface area contributed by atoms with Crippen molar-refractivity contribution in [2.24, 2.45) is 9.98 Å². The van der Waals surface area contributed by atoms with Crippen molar-refractivity contribution in [2.75, 3.05) is 0 Å². The molecule has 0 fully saturated rings. The third-order valence-electron chi connectivity index (χ3n) is 5.31. The highest BCUT2D eigenvalue weighted by atomic mass is 79.9. The minimum Gasteiger partial charge on any atom is -0.507 e. The number of hydrogen-bond acceptors (Lipinski definition) is 4. The molecule has 4 aromatic carbocycles. The van der Waals surface area contributed by atoms with Gasteiger partial charge in [-0.3, -0.25) is 9.98 Å². The van der Waals surface area contributed by atoms with Crippen LogP contribution in [0.3, 0.4) is 0 Å². The summed E-state index contributed by atoms with van der Waals surface area (Å²) >= 11 is 6.91. The quantitative estimate of drug-likeness (QED) is 0.222. The molecule has 170 valence electrons. The molecule has 4 rings (SSSR count). The van der Waals surface area contributed by atoms with E-state index in [1.807, 2.05) is 72.8 Å². The van der Waals surface area contributed by atoms with E-state index in [-0.39, 0.29) is 23.6 Å². The van der Waals surface area contributed by atoms with E-state index in [2.05, 4.69) is 31.9 Å². The minimum absolute atomic E-state index is 0.151. The average Bonchev–Trinajstić information content (AvgIpc) is 2.86. The Hall–Kier alpha value is -3.22. The third kappa shape index (κ3) is 6.01. The zero-order valence-corrected chi connectivity index (χ0v) is 21.3. The molecule has 0 bridgehead atoms. The van der Waals surface area contributed by atoms with Crippen LogP contribution in [0, 0.1) is 0 Å². The molecule has 2 N–H and O–H groups in total. The van der Waals surface area contributed by atoms with Crippen LogP contribution in [0.5, 0.6) is 11.5 Å². The third-order valence-corrected chi connectivity index (χ3v) is 6.30. The maximum Gasteiger partial charge on any atom is 0.124 e. The Morgan fingerprint density at radius 2 is 0.941 bits per heavy atom. The number of aliphatic imine (C=N–C) groups is 2. The molecule has 6 heteroatoms. The fourth-order valence-corrected chi connectivity index (χ4v) is 4.34. The Kier molecular flexibility index (Phi) is 7.93. The number of aromatic hydroxyl groups is 2. The largest absolute Gasteiger partial charge is 0.507 e. The lowest BCUT2D eigenvalue weighted by molar-refractivity contribution is 0.473. The van der Waals surface area contributed by atoms with Gasteiger partial charge < -0.3 is 10.2 Å². The molecule has 0 aromatic heterocycles. The lowest BCUT2D eigenvalue weighted by Gasteiger charge is -2.22. The fraction of sp³-hybridized carbons (Fsp3) is 0.0714. The molecular weight excluding hydrogens is 556 g/mol. The molecule has 4 aromatic rings. The highest BCUT2D eigenvalue weighted by Gasteiger charge is 2.23. The van der Waals surface area contributed by atoms with Crippen LogP contribution >= 0.6 is 31.9 Å². The van der Waals surface area contributed by atoms with Crippen molar-refractivity contribution in [3.63, 3.8) is 0 Å². The van der Waals surface area contributed by atoms with Crippen molar-refractivity contribution in [1.29, 1.82) is 0 Å². The highest BCUT2D eigenvalue weighted by Crippen LogP contribution is 2.36. The second kappa shape index (κ2) is 11.3. The highest BCUT2D eigenvalue weighted by molar-refractivity contribution is 9.10.